The summed E-state index contributed by atoms with van der Waals surface area (Å²) in [6.45, 7) is 0. The van der Waals surface area contributed by atoms with Gasteiger partial charge in [-0.05, 0) is 29.8 Å². The molecule has 1 aliphatic rings. The third kappa shape index (κ3) is 2.47. The summed E-state index contributed by atoms with van der Waals surface area (Å²) in [5.74, 6) is 0.192. The number of carbonyl (C=O) groups excluding carboxylic acids is 1. The molecule has 1 heterocycles. The van der Waals surface area contributed by atoms with Crippen molar-refractivity contribution in [2.75, 3.05) is 5.75 Å². The highest BCUT2D eigenvalue weighted by Gasteiger charge is 2.22. The molecule has 0 saturated carbocycles. The van der Waals surface area contributed by atoms with E-state index in [0.29, 0.717) is 16.9 Å². The quantitative estimate of drug-likeness (QED) is 0.722. The summed E-state index contributed by atoms with van der Waals surface area (Å²) in [6, 6.07) is 14.1. The van der Waals surface area contributed by atoms with Crippen molar-refractivity contribution in [3.8, 4) is 0 Å². The summed E-state index contributed by atoms with van der Waals surface area (Å²) in [6.07, 6.45) is 1.88. The van der Waals surface area contributed by atoms with E-state index < -0.39 is 0 Å². The highest BCUT2D eigenvalue weighted by molar-refractivity contribution is 7.99. The van der Waals surface area contributed by atoms with Crippen molar-refractivity contribution in [2.45, 2.75) is 4.90 Å². The van der Waals surface area contributed by atoms with Crippen LogP contribution in [0.3, 0.4) is 0 Å². The Balaban J connectivity index is 2.00. The Morgan fingerprint density at radius 3 is 2.68 bits per heavy atom. The van der Waals surface area contributed by atoms with Crippen molar-refractivity contribution in [1.82, 2.24) is 0 Å². The second kappa shape index (κ2) is 5.02. The summed E-state index contributed by atoms with van der Waals surface area (Å²) in [5, 5.41) is 0. The van der Waals surface area contributed by atoms with Gasteiger partial charge in [-0.3, -0.25) is 4.79 Å². The third-order valence-electron chi connectivity index (χ3n) is 3.00. The van der Waals surface area contributed by atoms with E-state index in [1.165, 1.54) is 12.1 Å². The molecule has 3 rings (SSSR count). The van der Waals surface area contributed by atoms with Crippen molar-refractivity contribution in [3.05, 3.63) is 71.0 Å². The van der Waals surface area contributed by atoms with Gasteiger partial charge in [-0.2, -0.15) is 0 Å². The molecule has 0 N–H and O–H groups in total. The third-order valence-corrected chi connectivity index (χ3v) is 4.12. The Morgan fingerprint density at radius 1 is 1.11 bits per heavy atom. The van der Waals surface area contributed by atoms with Gasteiger partial charge in [0.05, 0.1) is 0 Å². The van der Waals surface area contributed by atoms with Crippen LogP contribution in [0.25, 0.3) is 6.08 Å². The van der Waals surface area contributed by atoms with Crippen LogP contribution in [0.15, 0.2) is 59.0 Å². The maximum Gasteiger partial charge on any atom is 0.191 e. The molecule has 94 valence electrons. The monoisotopic (exact) mass is 270 g/mol. The van der Waals surface area contributed by atoms with Gasteiger partial charge in [0.1, 0.15) is 5.82 Å². The molecule has 0 spiro atoms. The molecule has 0 fully saturated rings. The molecule has 19 heavy (non-hydrogen) atoms. The first-order chi connectivity index (χ1) is 9.24. The lowest BCUT2D eigenvalue weighted by Gasteiger charge is -2.16. The van der Waals surface area contributed by atoms with Crippen molar-refractivity contribution in [3.63, 3.8) is 0 Å². The van der Waals surface area contributed by atoms with Gasteiger partial charge in [0, 0.05) is 21.8 Å². The Labute approximate surface area is 115 Å². The Kier molecular flexibility index (Phi) is 3.22. The molecule has 0 aliphatic carbocycles. The highest BCUT2D eigenvalue weighted by Crippen LogP contribution is 2.33. The van der Waals surface area contributed by atoms with Crippen molar-refractivity contribution in [1.29, 1.82) is 0 Å². The molecule has 0 saturated heterocycles. The Bertz CT molecular complexity index is 662. The Hall–Kier alpha value is -1.87. The molecular weight excluding hydrogens is 259 g/mol. The smallest absolute Gasteiger partial charge is 0.191 e. The fraction of sp³-hybridized carbons (Fsp3) is 0.0625. The minimum absolute atomic E-state index is 0.0721. The molecule has 0 aromatic heterocycles. The summed E-state index contributed by atoms with van der Waals surface area (Å²) in [5.41, 5.74) is 2.18. The van der Waals surface area contributed by atoms with E-state index in [1.807, 2.05) is 36.4 Å². The minimum Gasteiger partial charge on any atom is -0.289 e. The SMILES string of the molecule is O=C1/C(=C\c2ccccc2)CSc2ccc(F)cc21. The van der Waals surface area contributed by atoms with E-state index in [1.54, 1.807) is 17.8 Å². The molecule has 2 aromatic rings. The van der Waals surface area contributed by atoms with Gasteiger partial charge in [-0.25, -0.2) is 4.39 Å². The molecule has 3 heteroatoms. The number of Topliss-reactive ketones (excluding diaryl/α,β-unsaturated/α-hetero) is 1. The molecule has 0 bridgehead atoms. The zero-order valence-corrected chi connectivity index (χ0v) is 10.9. The molecule has 0 unspecified atom stereocenters. The largest absolute Gasteiger partial charge is 0.289 e. The first-order valence-corrected chi connectivity index (χ1v) is 6.95. The van der Waals surface area contributed by atoms with Gasteiger partial charge in [-0.1, -0.05) is 30.3 Å². The van der Waals surface area contributed by atoms with E-state index in [9.17, 15) is 9.18 Å². The lowest BCUT2D eigenvalue weighted by Crippen LogP contribution is -2.12. The minimum atomic E-state index is -0.367. The van der Waals surface area contributed by atoms with Crippen molar-refractivity contribution < 1.29 is 9.18 Å². The van der Waals surface area contributed by atoms with E-state index in [4.69, 9.17) is 0 Å². The van der Waals surface area contributed by atoms with E-state index >= 15 is 0 Å². The zero-order valence-electron chi connectivity index (χ0n) is 10.1. The lowest BCUT2D eigenvalue weighted by atomic mass is 10.0. The van der Waals surface area contributed by atoms with Gasteiger partial charge in [0.25, 0.3) is 0 Å². The predicted octanol–water partition coefficient (Wildman–Crippen LogP) is 4.20. The van der Waals surface area contributed by atoms with E-state index in [0.717, 1.165) is 10.5 Å². The number of fused-ring (bicyclic) bond motifs is 1. The van der Waals surface area contributed by atoms with Crippen LogP contribution in [0.4, 0.5) is 4.39 Å². The highest BCUT2D eigenvalue weighted by atomic mass is 32.2. The van der Waals surface area contributed by atoms with E-state index in [2.05, 4.69) is 0 Å². The molecule has 1 aliphatic heterocycles. The van der Waals surface area contributed by atoms with Crippen LogP contribution >= 0.6 is 11.8 Å². The zero-order chi connectivity index (χ0) is 13.2. The van der Waals surface area contributed by atoms with Crippen LogP contribution in [-0.2, 0) is 0 Å². The van der Waals surface area contributed by atoms with Crippen molar-refractivity contribution >= 4 is 23.6 Å². The number of carbonyl (C=O) groups is 1. The van der Waals surface area contributed by atoms with Gasteiger partial charge in [-0.15, -0.1) is 11.8 Å². The predicted molar refractivity (Wildman–Crippen MR) is 75.9 cm³/mol. The second-order valence-electron chi connectivity index (χ2n) is 4.34. The number of hydrogen-bond donors (Lipinski definition) is 0. The van der Waals surface area contributed by atoms with Gasteiger partial charge < -0.3 is 0 Å². The average Bonchev–Trinajstić information content (AvgIpc) is 2.44. The number of benzene rings is 2. The van der Waals surface area contributed by atoms with E-state index in [-0.39, 0.29) is 11.6 Å². The molecule has 0 atom stereocenters. The van der Waals surface area contributed by atoms with Crippen LogP contribution in [0.2, 0.25) is 0 Å². The fourth-order valence-corrected chi connectivity index (χ4v) is 3.05. The van der Waals surface area contributed by atoms with Crippen LogP contribution in [0, 0.1) is 5.82 Å². The summed E-state index contributed by atoms with van der Waals surface area (Å²) >= 11 is 1.57. The van der Waals surface area contributed by atoms with Gasteiger partial charge in [0.15, 0.2) is 5.78 Å². The summed E-state index contributed by atoms with van der Waals surface area (Å²) < 4.78 is 13.2. The number of rotatable bonds is 1. The van der Waals surface area contributed by atoms with Gasteiger partial charge in [0.2, 0.25) is 0 Å². The first kappa shape index (κ1) is 12.2. The molecule has 0 amide bonds. The maximum absolute atomic E-state index is 13.2. The Morgan fingerprint density at radius 2 is 1.89 bits per heavy atom. The van der Waals surface area contributed by atoms with Crippen LogP contribution in [0.1, 0.15) is 15.9 Å². The molecule has 0 radical (unpaired) electrons. The molecule has 1 nitrogen and oxygen atoms in total. The molecule has 2 aromatic carbocycles. The number of hydrogen-bond acceptors (Lipinski definition) is 2. The maximum atomic E-state index is 13.2. The fourth-order valence-electron chi connectivity index (χ4n) is 2.06. The van der Waals surface area contributed by atoms with Crippen LogP contribution in [-0.4, -0.2) is 11.5 Å². The summed E-state index contributed by atoms with van der Waals surface area (Å²) in [4.78, 5) is 13.2. The average molecular weight is 270 g/mol. The molecular formula is C16H11FOS. The normalized spacial score (nSPS) is 16.5. The first-order valence-electron chi connectivity index (χ1n) is 5.97. The second-order valence-corrected chi connectivity index (χ2v) is 5.36. The van der Waals surface area contributed by atoms with Crippen LogP contribution in [0.5, 0.6) is 0 Å². The van der Waals surface area contributed by atoms with Crippen molar-refractivity contribution in [2.24, 2.45) is 0 Å². The topological polar surface area (TPSA) is 17.1 Å². The number of ketones is 1. The summed E-state index contributed by atoms with van der Waals surface area (Å²) in [7, 11) is 0. The number of halogens is 1. The van der Waals surface area contributed by atoms with Crippen LogP contribution < -0.4 is 0 Å². The standard InChI is InChI=1S/C16H11FOS/c17-13-6-7-15-14(9-13)16(18)12(10-19-15)8-11-4-2-1-3-5-11/h1-9H,10H2/b12-8-. The lowest BCUT2D eigenvalue weighted by molar-refractivity contribution is 0.103. The number of thioether (sulfide) groups is 1. The van der Waals surface area contributed by atoms with Gasteiger partial charge >= 0.3 is 0 Å².